The summed E-state index contributed by atoms with van der Waals surface area (Å²) in [5, 5.41) is 4.56. The van der Waals surface area contributed by atoms with Crippen LogP contribution < -0.4 is 5.32 Å². The minimum atomic E-state index is -0.447. The van der Waals surface area contributed by atoms with Gasteiger partial charge in [-0.15, -0.1) is 0 Å². The second-order valence-corrected chi connectivity index (χ2v) is 5.63. The Morgan fingerprint density at radius 2 is 1.88 bits per heavy atom. The summed E-state index contributed by atoms with van der Waals surface area (Å²) >= 11 is 4.23. The zero-order valence-electron chi connectivity index (χ0n) is 15.7. The normalized spacial score (nSPS) is 10.0. The molecule has 0 atom stereocenters. The summed E-state index contributed by atoms with van der Waals surface area (Å²) in [6, 6.07) is 0.356. The molecule has 1 N–H and O–H groups in total. The van der Waals surface area contributed by atoms with Crippen LogP contribution in [0.3, 0.4) is 0 Å². The first kappa shape index (κ1) is 26.2. The van der Waals surface area contributed by atoms with Crippen LogP contribution >= 0.6 is 0 Å². The SMILES string of the molecule is C[CH-]OC(=O)N(C(C)C)C(C)C.[CH-]=C(/C=C\[CH]=[Ni])C(=O)NCCON=O. The van der Waals surface area contributed by atoms with E-state index in [1.807, 2.05) is 27.7 Å². The molecule has 26 heavy (non-hydrogen) atoms. The van der Waals surface area contributed by atoms with Gasteiger partial charge in [0.2, 0.25) is 0 Å². The van der Waals surface area contributed by atoms with Crippen LogP contribution in [-0.2, 0) is 29.4 Å². The predicted molar refractivity (Wildman–Crippen MR) is 96.3 cm³/mol. The number of ether oxygens (including phenoxy) is 1. The Kier molecular flexibility index (Phi) is 16.6. The molecule has 152 valence electrons. The molecule has 0 radical (unpaired) electrons. The summed E-state index contributed by atoms with van der Waals surface area (Å²) in [6.07, 6.45) is 2.60. The van der Waals surface area contributed by atoms with E-state index < -0.39 is 5.91 Å². The van der Waals surface area contributed by atoms with E-state index in [1.165, 1.54) is 23.8 Å². The van der Waals surface area contributed by atoms with Crippen molar-refractivity contribution in [2.24, 2.45) is 5.34 Å². The molecule has 0 fully saturated rings. The molecule has 0 rings (SSSR count). The average Bonchev–Trinajstić information content (AvgIpc) is 2.56. The van der Waals surface area contributed by atoms with E-state index in [9.17, 15) is 14.5 Å². The predicted octanol–water partition coefficient (Wildman–Crippen LogP) is 2.49. The number of hydrogen-bond acceptors (Lipinski definition) is 6. The molecule has 0 unspecified atom stereocenters. The zero-order valence-corrected chi connectivity index (χ0v) is 16.7. The molecular formula is C17H27N3NiO5-2. The van der Waals surface area contributed by atoms with E-state index >= 15 is 0 Å². The molecule has 8 nitrogen and oxygen atoms in total. The van der Waals surface area contributed by atoms with Crippen LogP contribution in [-0.4, -0.2) is 47.1 Å². The molecule has 0 saturated carbocycles. The van der Waals surface area contributed by atoms with Crippen molar-refractivity contribution in [2.75, 3.05) is 13.2 Å². The van der Waals surface area contributed by atoms with Crippen molar-refractivity contribution >= 4 is 17.0 Å². The monoisotopic (exact) mass is 411 g/mol. The Balaban J connectivity index is 0. The fraction of sp³-hybridized carbons (Fsp3) is 0.529. The number of carbonyl (C=O) groups excluding carboxylic acids is 2. The standard InChI is InChI=1S/C9H18NO2.C8H9N2O3.Ni/c1-6-12-9(11)10(7(2)3)8(4)5;1-3-4-7(2)8(11)9-5-6-13-10-12;/h6-8H,1-5H3;1-4H,5-6H2,(H,9,11);/q2*-1;/b;4-3-;. The van der Waals surface area contributed by atoms with E-state index in [-0.39, 0.29) is 36.9 Å². The molecule has 0 aliphatic rings. The Morgan fingerprint density at radius 3 is 2.31 bits per heavy atom. The van der Waals surface area contributed by atoms with Crippen LogP contribution in [0.25, 0.3) is 0 Å². The Labute approximate surface area is 162 Å². The topological polar surface area (TPSA) is 97.3 Å². The maximum atomic E-state index is 11.3. The van der Waals surface area contributed by atoms with Crippen LogP contribution in [0.1, 0.15) is 34.6 Å². The fourth-order valence-electron chi connectivity index (χ4n) is 1.74. The van der Waals surface area contributed by atoms with Gasteiger partial charge >= 0.3 is 94.7 Å². The molecule has 0 spiro atoms. The van der Waals surface area contributed by atoms with Gasteiger partial charge in [0.1, 0.15) is 0 Å². The summed E-state index contributed by atoms with van der Waals surface area (Å²) < 4.78 is 4.79. The number of allylic oxidation sites excluding steroid dienone is 1. The summed E-state index contributed by atoms with van der Waals surface area (Å²) in [7, 11) is 0. The molecule has 0 heterocycles. The number of rotatable bonds is 10. The van der Waals surface area contributed by atoms with Crippen LogP contribution in [0, 0.1) is 18.1 Å². The van der Waals surface area contributed by atoms with Crippen LogP contribution in [0.4, 0.5) is 4.79 Å². The Hall–Kier alpha value is -2.02. The fourth-order valence-corrected chi connectivity index (χ4v) is 1.83. The van der Waals surface area contributed by atoms with Crippen molar-refractivity contribution in [3.05, 3.63) is 35.8 Å². The first-order chi connectivity index (χ1) is 12.2. The van der Waals surface area contributed by atoms with Gasteiger partial charge in [0.05, 0.1) is 0 Å². The molecule has 2 amide bonds. The summed E-state index contributed by atoms with van der Waals surface area (Å²) in [4.78, 5) is 39.0. The summed E-state index contributed by atoms with van der Waals surface area (Å²) in [5.74, 6) is -0.447. The first-order valence-electron chi connectivity index (χ1n) is 7.91. The molecule has 0 aromatic carbocycles. The van der Waals surface area contributed by atoms with Crippen LogP contribution in [0.2, 0.25) is 0 Å². The first-order valence-corrected chi connectivity index (χ1v) is 8.48. The third kappa shape index (κ3) is 13.3. The van der Waals surface area contributed by atoms with Gasteiger partial charge < -0.3 is 9.64 Å². The molecule has 0 saturated heterocycles. The van der Waals surface area contributed by atoms with Crippen LogP contribution in [0.15, 0.2) is 23.1 Å². The number of carbonyl (C=O) groups is 2. The molecule has 0 bridgehead atoms. The molecule has 0 aromatic heterocycles. The number of hydrogen-bond donors (Lipinski definition) is 1. The van der Waals surface area contributed by atoms with Gasteiger partial charge in [-0.25, -0.2) is 4.79 Å². The second kappa shape index (κ2) is 16.5. The third-order valence-corrected chi connectivity index (χ3v) is 2.86. The number of nitrogens with one attached hydrogen (secondary N) is 1. The van der Waals surface area contributed by atoms with E-state index in [2.05, 4.69) is 30.5 Å². The molecule has 0 aromatic rings. The van der Waals surface area contributed by atoms with Crippen molar-refractivity contribution in [3.8, 4) is 0 Å². The quantitative estimate of drug-likeness (QED) is 0.113. The summed E-state index contributed by atoms with van der Waals surface area (Å²) in [5.41, 5.74) is 0.0392. The molecular weight excluding hydrogens is 385 g/mol. The number of nitrogens with zero attached hydrogens (tertiary/aromatic N) is 2. The van der Waals surface area contributed by atoms with Crippen molar-refractivity contribution < 1.29 is 34.2 Å². The Morgan fingerprint density at radius 1 is 1.31 bits per heavy atom. The van der Waals surface area contributed by atoms with E-state index in [0.717, 1.165) is 0 Å². The maximum absolute atomic E-state index is 11.3. The van der Waals surface area contributed by atoms with Gasteiger partial charge in [-0.2, -0.15) is 13.5 Å². The summed E-state index contributed by atoms with van der Waals surface area (Å²) in [6.45, 7) is 16.5. The molecule has 0 aliphatic heterocycles. The Bertz CT molecular complexity index is 485. The van der Waals surface area contributed by atoms with Crippen molar-refractivity contribution in [1.82, 2.24) is 10.2 Å². The van der Waals surface area contributed by atoms with Gasteiger partial charge in [0.25, 0.3) is 0 Å². The van der Waals surface area contributed by atoms with Crippen LogP contribution in [0.5, 0.6) is 0 Å². The van der Waals surface area contributed by atoms with Crippen molar-refractivity contribution in [3.63, 3.8) is 0 Å². The van der Waals surface area contributed by atoms with Gasteiger partial charge in [0, 0.05) is 12.1 Å². The van der Waals surface area contributed by atoms with E-state index in [4.69, 9.17) is 11.3 Å². The van der Waals surface area contributed by atoms with E-state index in [1.54, 1.807) is 11.8 Å². The van der Waals surface area contributed by atoms with E-state index in [0.29, 0.717) is 0 Å². The van der Waals surface area contributed by atoms with Gasteiger partial charge in [-0.3, -0.25) is 0 Å². The molecule has 9 heteroatoms. The van der Waals surface area contributed by atoms with Crippen molar-refractivity contribution in [1.29, 1.82) is 0 Å². The van der Waals surface area contributed by atoms with Gasteiger partial charge in [0.15, 0.2) is 0 Å². The third-order valence-electron chi connectivity index (χ3n) is 2.67. The van der Waals surface area contributed by atoms with Gasteiger partial charge in [-0.1, -0.05) is 0 Å². The van der Waals surface area contributed by atoms with Gasteiger partial charge in [-0.05, 0) is 27.7 Å². The minimum absolute atomic E-state index is 0.0153. The molecule has 0 aliphatic carbocycles. The second-order valence-electron chi connectivity index (χ2n) is 5.30. The average molecular weight is 412 g/mol. The van der Waals surface area contributed by atoms with Crippen molar-refractivity contribution in [2.45, 2.75) is 46.7 Å². The zero-order chi connectivity index (χ0) is 20.5. The number of amides is 2.